The molecule has 4 heteroatoms. The molecule has 2 rings (SSSR count). The molecule has 0 saturated heterocycles. The predicted molar refractivity (Wildman–Crippen MR) is 83.7 cm³/mol. The third-order valence-corrected chi connectivity index (χ3v) is 4.10. The molecule has 0 heterocycles. The highest BCUT2D eigenvalue weighted by molar-refractivity contribution is 9.10. The number of nitrogens with zero attached hydrogens (tertiary/aromatic N) is 1. The molecule has 19 heavy (non-hydrogen) atoms. The normalized spacial score (nSPS) is 16.4. The van der Waals surface area contributed by atoms with Gasteiger partial charge in [0.1, 0.15) is 0 Å². The van der Waals surface area contributed by atoms with E-state index in [0.717, 1.165) is 11.0 Å². The van der Waals surface area contributed by atoms with Gasteiger partial charge < -0.3 is 15.3 Å². The maximum atomic E-state index is 9.31. The number of hydrogen-bond acceptors (Lipinski definition) is 3. The SMILES string of the molecule is CCNC(C)c1ccc(Br)cc1N(CCO)C1CC1. The Morgan fingerprint density at radius 1 is 1.47 bits per heavy atom. The summed E-state index contributed by atoms with van der Waals surface area (Å²) in [5.74, 6) is 0. The molecule has 1 aromatic rings. The monoisotopic (exact) mass is 326 g/mol. The molecule has 0 aliphatic heterocycles. The number of anilines is 1. The summed E-state index contributed by atoms with van der Waals surface area (Å²) in [4.78, 5) is 2.36. The summed E-state index contributed by atoms with van der Waals surface area (Å²) in [5.41, 5.74) is 2.56. The lowest BCUT2D eigenvalue weighted by molar-refractivity contribution is 0.301. The van der Waals surface area contributed by atoms with Gasteiger partial charge in [0.15, 0.2) is 0 Å². The quantitative estimate of drug-likeness (QED) is 0.808. The number of nitrogens with one attached hydrogen (secondary N) is 1. The van der Waals surface area contributed by atoms with E-state index in [0.29, 0.717) is 18.6 Å². The zero-order valence-corrected chi connectivity index (χ0v) is 13.3. The number of halogens is 1. The smallest absolute Gasteiger partial charge is 0.0606 e. The second-order valence-corrected chi connectivity index (χ2v) is 6.05. The first-order valence-corrected chi connectivity index (χ1v) is 7.87. The van der Waals surface area contributed by atoms with Crippen molar-refractivity contribution in [1.29, 1.82) is 0 Å². The van der Waals surface area contributed by atoms with E-state index in [9.17, 15) is 5.11 Å². The number of aliphatic hydroxyl groups is 1. The lowest BCUT2D eigenvalue weighted by atomic mass is 10.0. The molecule has 0 bridgehead atoms. The van der Waals surface area contributed by atoms with Crippen LogP contribution in [0.2, 0.25) is 0 Å². The second kappa shape index (κ2) is 6.73. The van der Waals surface area contributed by atoms with Crippen LogP contribution in [0.5, 0.6) is 0 Å². The van der Waals surface area contributed by atoms with Crippen molar-refractivity contribution < 1.29 is 5.11 Å². The fourth-order valence-electron chi connectivity index (χ4n) is 2.54. The molecule has 1 aliphatic rings. The number of aliphatic hydroxyl groups excluding tert-OH is 1. The zero-order chi connectivity index (χ0) is 13.8. The molecule has 3 nitrogen and oxygen atoms in total. The minimum absolute atomic E-state index is 0.206. The van der Waals surface area contributed by atoms with Crippen LogP contribution in [0.4, 0.5) is 5.69 Å². The van der Waals surface area contributed by atoms with Gasteiger partial charge in [-0.15, -0.1) is 0 Å². The largest absolute Gasteiger partial charge is 0.395 e. The fourth-order valence-corrected chi connectivity index (χ4v) is 2.89. The topological polar surface area (TPSA) is 35.5 Å². The minimum Gasteiger partial charge on any atom is -0.395 e. The molecule has 1 unspecified atom stereocenters. The molecule has 0 aromatic heterocycles. The fraction of sp³-hybridized carbons (Fsp3) is 0.600. The molecule has 1 atom stereocenters. The molecule has 2 N–H and O–H groups in total. The second-order valence-electron chi connectivity index (χ2n) is 5.13. The van der Waals surface area contributed by atoms with Crippen LogP contribution >= 0.6 is 15.9 Å². The van der Waals surface area contributed by atoms with Crippen LogP contribution in [-0.2, 0) is 0 Å². The first-order chi connectivity index (χ1) is 9.17. The third-order valence-electron chi connectivity index (χ3n) is 3.61. The van der Waals surface area contributed by atoms with E-state index in [4.69, 9.17) is 0 Å². The summed E-state index contributed by atoms with van der Waals surface area (Å²) < 4.78 is 1.10. The Bertz CT molecular complexity index is 421. The van der Waals surface area contributed by atoms with Crippen molar-refractivity contribution in [1.82, 2.24) is 5.32 Å². The summed E-state index contributed by atoms with van der Waals surface area (Å²) in [6.45, 7) is 6.20. The molecule has 106 valence electrons. The molecule has 0 radical (unpaired) electrons. The predicted octanol–water partition coefficient (Wildman–Crippen LogP) is 3.08. The van der Waals surface area contributed by atoms with Gasteiger partial charge in [0.05, 0.1) is 6.61 Å². The molecule has 1 saturated carbocycles. The summed E-state index contributed by atoms with van der Waals surface area (Å²) in [6.07, 6.45) is 2.48. The highest BCUT2D eigenvalue weighted by atomic mass is 79.9. The first-order valence-electron chi connectivity index (χ1n) is 7.07. The number of hydrogen-bond donors (Lipinski definition) is 2. The van der Waals surface area contributed by atoms with E-state index in [-0.39, 0.29) is 6.61 Å². The van der Waals surface area contributed by atoms with Crippen LogP contribution in [0, 0.1) is 0 Å². The average Bonchev–Trinajstić information content (AvgIpc) is 3.20. The van der Waals surface area contributed by atoms with Gasteiger partial charge in [-0.25, -0.2) is 0 Å². The van der Waals surface area contributed by atoms with Crippen molar-refractivity contribution in [2.24, 2.45) is 0 Å². The van der Waals surface area contributed by atoms with Crippen LogP contribution in [0.15, 0.2) is 22.7 Å². The molecular formula is C15H23BrN2O. The van der Waals surface area contributed by atoms with Crippen LogP contribution < -0.4 is 10.2 Å². The van der Waals surface area contributed by atoms with E-state index in [1.807, 2.05) is 0 Å². The van der Waals surface area contributed by atoms with E-state index in [2.05, 4.69) is 58.2 Å². The molecule has 1 fully saturated rings. The van der Waals surface area contributed by atoms with Crippen LogP contribution in [0.25, 0.3) is 0 Å². The van der Waals surface area contributed by atoms with E-state index < -0.39 is 0 Å². The Morgan fingerprint density at radius 2 is 2.21 bits per heavy atom. The molecule has 1 aromatic carbocycles. The standard InChI is InChI=1S/C15H23BrN2O/c1-3-17-11(2)14-7-4-12(16)10-15(14)18(8-9-19)13-5-6-13/h4,7,10-11,13,17,19H,3,5-6,8-9H2,1-2H3. The van der Waals surface area contributed by atoms with E-state index in [1.165, 1.54) is 24.1 Å². The van der Waals surface area contributed by atoms with E-state index >= 15 is 0 Å². The number of benzene rings is 1. The van der Waals surface area contributed by atoms with Crippen molar-refractivity contribution in [2.45, 2.75) is 38.8 Å². The number of rotatable bonds is 7. The molecule has 1 aliphatic carbocycles. The van der Waals surface area contributed by atoms with Crippen LogP contribution in [0.3, 0.4) is 0 Å². The Kier molecular flexibility index (Phi) is 5.25. The Hall–Kier alpha value is -0.580. The lowest BCUT2D eigenvalue weighted by Crippen LogP contribution is -2.31. The Balaban J connectivity index is 2.31. The molecule has 0 amide bonds. The third kappa shape index (κ3) is 3.71. The van der Waals surface area contributed by atoms with Crippen molar-refractivity contribution in [3.05, 3.63) is 28.2 Å². The lowest BCUT2D eigenvalue weighted by Gasteiger charge is -2.29. The Morgan fingerprint density at radius 3 is 2.79 bits per heavy atom. The van der Waals surface area contributed by atoms with Gasteiger partial charge in [0.2, 0.25) is 0 Å². The van der Waals surface area contributed by atoms with Gasteiger partial charge in [-0.1, -0.05) is 28.9 Å². The maximum Gasteiger partial charge on any atom is 0.0606 e. The van der Waals surface area contributed by atoms with Gasteiger partial charge in [-0.05, 0) is 44.0 Å². The highest BCUT2D eigenvalue weighted by Gasteiger charge is 2.30. The van der Waals surface area contributed by atoms with Gasteiger partial charge in [-0.3, -0.25) is 0 Å². The van der Waals surface area contributed by atoms with E-state index in [1.54, 1.807) is 0 Å². The van der Waals surface area contributed by atoms with Crippen LogP contribution in [-0.4, -0.2) is 30.8 Å². The van der Waals surface area contributed by atoms with Gasteiger partial charge in [-0.2, -0.15) is 0 Å². The van der Waals surface area contributed by atoms with Crippen molar-refractivity contribution in [3.63, 3.8) is 0 Å². The minimum atomic E-state index is 0.206. The van der Waals surface area contributed by atoms with Crippen molar-refractivity contribution in [2.75, 3.05) is 24.6 Å². The highest BCUT2D eigenvalue weighted by Crippen LogP contribution is 2.36. The van der Waals surface area contributed by atoms with Gasteiger partial charge >= 0.3 is 0 Å². The average molecular weight is 327 g/mol. The van der Waals surface area contributed by atoms with Crippen molar-refractivity contribution in [3.8, 4) is 0 Å². The van der Waals surface area contributed by atoms with Crippen LogP contribution in [0.1, 0.15) is 38.3 Å². The maximum absolute atomic E-state index is 9.31. The zero-order valence-electron chi connectivity index (χ0n) is 11.7. The summed E-state index contributed by atoms with van der Waals surface area (Å²) >= 11 is 3.56. The summed E-state index contributed by atoms with van der Waals surface area (Å²) in [5, 5.41) is 12.8. The van der Waals surface area contributed by atoms with Crippen molar-refractivity contribution >= 4 is 21.6 Å². The molecule has 0 spiro atoms. The Labute approximate surface area is 124 Å². The summed E-state index contributed by atoms with van der Waals surface area (Å²) in [6, 6.07) is 7.38. The molecular weight excluding hydrogens is 304 g/mol. The van der Waals surface area contributed by atoms with Gasteiger partial charge in [0, 0.05) is 28.8 Å². The van der Waals surface area contributed by atoms with Gasteiger partial charge in [0.25, 0.3) is 0 Å². The first kappa shape index (κ1) is 14.8. The summed E-state index contributed by atoms with van der Waals surface area (Å²) in [7, 11) is 0.